The molecular weight excluding hydrogens is 321 g/mol. The smallest absolute Gasteiger partial charge is 0.126 e. The maximum Gasteiger partial charge on any atom is 0.126 e. The first-order chi connectivity index (χ1) is 9.52. The van der Waals surface area contributed by atoms with Crippen LogP contribution in [0.1, 0.15) is 12.5 Å². The number of hydrogen-bond donors (Lipinski definition) is 2. The molecule has 0 heterocycles. The minimum Gasteiger partial charge on any atom is -0.394 e. The van der Waals surface area contributed by atoms with Crippen molar-refractivity contribution in [2.45, 2.75) is 18.9 Å². The molecule has 0 aliphatic rings. The highest BCUT2D eigenvalue weighted by Gasteiger charge is 2.24. The summed E-state index contributed by atoms with van der Waals surface area (Å²) in [6.45, 7) is 1.79. The third-order valence-electron chi connectivity index (χ3n) is 3.18. The molecule has 106 valence electrons. The lowest BCUT2D eigenvalue weighted by Gasteiger charge is -2.30. The van der Waals surface area contributed by atoms with E-state index in [2.05, 4.69) is 21.2 Å². The molecule has 1 atom stereocenters. The zero-order valence-electron chi connectivity index (χ0n) is 11.2. The molecule has 0 aromatic heterocycles. The molecule has 0 fully saturated rings. The SMILES string of the molecule is CC(CO)(Cc1ccccc1F)Nc1ccc(Br)cc1. The zero-order valence-corrected chi connectivity index (χ0v) is 12.8. The van der Waals surface area contributed by atoms with Gasteiger partial charge in [-0.3, -0.25) is 0 Å². The van der Waals surface area contributed by atoms with E-state index in [-0.39, 0.29) is 12.4 Å². The summed E-state index contributed by atoms with van der Waals surface area (Å²) >= 11 is 3.38. The lowest BCUT2D eigenvalue weighted by molar-refractivity contribution is 0.221. The molecule has 0 aliphatic heterocycles. The van der Waals surface area contributed by atoms with Gasteiger partial charge in [0.2, 0.25) is 0 Å². The summed E-state index contributed by atoms with van der Waals surface area (Å²) in [6, 6.07) is 14.3. The van der Waals surface area contributed by atoms with Crippen LogP contribution in [0.5, 0.6) is 0 Å². The average Bonchev–Trinajstić information content (AvgIpc) is 2.44. The third-order valence-corrected chi connectivity index (χ3v) is 3.71. The van der Waals surface area contributed by atoms with Crippen molar-refractivity contribution in [2.24, 2.45) is 0 Å². The van der Waals surface area contributed by atoms with E-state index >= 15 is 0 Å². The van der Waals surface area contributed by atoms with Crippen molar-refractivity contribution in [1.82, 2.24) is 0 Å². The predicted molar refractivity (Wildman–Crippen MR) is 83.4 cm³/mol. The summed E-state index contributed by atoms with van der Waals surface area (Å²) in [5.74, 6) is -0.246. The van der Waals surface area contributed by atoms with Crippen LogP contribution in [-0.4, -0.2) is 17.3 Å². The minimum absolute atomic E-state index is 0.0859. The van der Waals surface area contributed by atoms with Gasteiger partial charge in [-0.1, -0.05) is 34.1 Å². The van der Waals surface area contributed by atoms with Crippen LogP contribution >= 0.6 is 15.9 Å². The van der Waals surface area contributed by atoms with E-state index in [0.717, 1.165) is 10.2 Å². The molecule has 0 saturated carbocycles. The average molecular weight is 338 g/mol. The van der Waals surface area contributed by atoms with Crippen molar-refractivity contribution in [1.29, 1.82) is 0 Å². The molecule has 2 aromatic rings. The number of aliphatic hydroxyl groups excluding tert-OH is 1. The van der Waals surface area contributed by atoms with Gasteiger partial charge in [-0.2, -0.15) is 0 Å². The monoisotopic (exact) mass is 337 g/mol. The molecule has 1 unspecified atom stereocenters. The predicted octanol–water partition coefficient (Wildman–Crippen LogP) is 3.99. The number of anilines is 1. The zero-order chi connectivity index (χ0) is 14.6. The van der Waals surface area contributed by atoms with E-state index in [1.165, 1.54) is 6.07 Å². The summed E-state index contributed by atoms with van der Waals surface area (Å²) in [6.07, 6.45) is 0.409. The van der Waals surface area contributed by atoms with Gasteiger partial charge in [-0.05, 0) is 42.8 Å². The first kappa shape index (κ1) is 15.0. The molecule has 2 nitrogen and oxygen atoms in total. The first-order valence-electron chi connectivity index (χ1n) is 6.40. The second-order valence-electron chi connectivity index (χ2n) is 5.12. The number of halogens is 2. The molecule has 0 bridgehead atoms. The fraction of sp³-hybridized carbons (Fsp3) is 0.250. The van der Waals surface area contributed by atoms with Gasteiger partial charge in [0, 0.05) is 16.6 Å². The van der Waals surface area contributed by atoms with Crippen LogP contribution in [0.4, 0.5) is 10.1 Å². The topological polar surface area (TPSA) is 32.3 Å². The van der Waals surface area contributed by atoms with Crippen LogP contribution in [0.3, 0.4) is 0 Å². The van der Waals surface area contributed by atoms with Crippen molar-refractivity contribution in [3.63, 3.8) is 0 Å². The fourth-order valence-corrected chi connectivity index (χ4v) is 2.35. The highest BCUT2D eigenvalue weighted by atomic mass is 79.9. The Hall–Kier alpha value is -1.39. The second kappa shape index (κ2) is 6.37. The van der Waals surface area contributed by atoms with Crippen molar-refractivity contribution in [3.05, 3.63) is 64.4 Å². The summed E-state index contributed by atoms with van der Waals surface area (Å²) < 4.78 is 14.7. The van der Waals surface area contributed by atoms with Crippen LogP contribution in [0.25, 0.3) is 0 Å². The number of nitrogens with one attached hydrogen (secondary N) is 1. The molecule has 0 amide bonds. The molecular formula is C16H17BrFNO. The Morgan fingerprint density at radius 1 is 1.15 bits per heavy atom. The van der Waals surface area contributed by atoms with Crippen LogP contribution in [0.2, 0.25) is 0 Å². The Bertz CT molecular complexity index is 573. The Labute approximate surface area is 126 Å². The van der Waals surface area contributed by atoms with E-state index in [9.17, 15) is 9.50 Å². The lowest BCUT2D eigenvalue weighted by atomic mass is 9.93. The maximum absolute atomic E-state index is 13.7. The van der Waals surface area contributed by atoms with Crippen molar-refractivity contribution in [2.75, 3.05) is 11.9 Å². The molecule has 2 N–H and O–H groups in total. The number of hydrogen-bond acceptors (Lipinski definition) is 2. The van der Waals surface area contributed by atoms with Crippen molar-refractivity contribution in [3.8, 4) is 0 Å². The van der Waals surface area contributed by atoms with Crippen LogP contribution in [-0.2, 0) is 6.42 Å². The van der Waals surface area contributed by atoms with Crippen LogP contribution in [0.15, 0.2) is 53.0 Å². The van der Waals surface area contributed by atoms with Gasteiger partial charge in [0.15, 0.2) is 0 Å². The van der Waals surface area contributed by atoms with Crippen molar-refractivity contribution >= 4 is 21.6 Å². The molecule has 0 aliphatic carbocycles. The number of benzene rings is 2. The normalized spacial score (nSPS) is 13.8. The number of rotatable bonds is 5. The van der Waals surface area contributed by atoms with Gasteiger partial charge in [0.05, 0.1) is 12.1 Å². The fourth-order valence-electron chi connectivity index (χ4n) is 2.08. The Balaban J connectivity index is 2.17. The Morgan fingerprint density at radius 3 is 2.40 bits per heavy atom. The molecule has 4 heteroatoms. The van der Waals surface area contributed by atoms with E-state index < -0.39 is 5.54 Å². The minimum atomic E-state index is -0.615. The van der Waals surface area contributed by atoms with Gasteiger partial charge in [0.1, 0.15) is 5.82 Å². The molecule has 0 spiro atoms. The molecule has 2 aromatic carbocycles. The van der Waals surface area contributed by atoms with Crippen LogP contribution < -0.4 is 5.32 Å². The standard InChI is InChI=1S/C16H17BrFNO/c1-16(11-20,10-12-4-2-3-5-15(12)18)19-14-8-6-13(17)7-9-14/h2-9,19-20H,10-11H2,1H3. The second-order valence-corrected chi connectivity index (χ2v) is 6.03. The quantitative estimate of drug-likeness (QED) is 0.864. The molecule has 0 radical (unpaired) electrons. The van der Waals surface area contributed by atoms with Gasteiger partial charge >= 0.3 is 0 Å². The van der Waals surface area contributed by atoms with Gasteiger partial charge < -0.3 is 10.4 Å². The summed E-state index contributed by atoms with van der Waals surface area (Å²) in [4.78, 5) is 0. The van der Waals surface area contributed by atoms with Crippen LogP contribution in [0, 0.1) is 5.82 Å². The van der Waals surface area contributed by atoms with E-state index in [1.54, 1.807) is 18.2 Å². The van der Waals surface area contributed by atoms with Gasteiger partial charge in [-0.25, -0.2) is 4.39 Å². The van der Waals surface area contributed by atoms with E-state index in [4.69, 9.17) is 0 Å². The highest BCUT2D eigenvalue weighted by molar-refractivity contribution is 9.10. The maximum atomic E-state index is 13.7. The van der Waals surface area contributed by atoms with Gasteiger partial charge in [-0.15, -0.1) is 0 Å². The summed E-state index contributed by atoms with van der Waals surface area (Å²) in [7, 11) is 0. The van der Waals surface area contributed by atoms with Crippen molar-refractivity contribution < 1.29 is 9.50 Å². The summed E-state index contributed by atoms with van der Waals surface area (Å²) in [5, 5.41) is 12.9. The Kier molecular flexibility index (Phi) is 4.78. The molecule has 0 saturated heterocycles. The third kappa shape index (κ3) is 3.81. The molecule has 2 rings (SSSR count). The highest BCUT2D eigenvalue weighted by Crippen LogP contribution is 2.22. The van der Waals surface area contributed by atoms with E-state index in [0.29, 0.717) is 12.0 Å². The molecule has 20 heavy (non-hydrogen) atoms. The lowest BCUT2D eigenvalue weighted by Crippen LogP contribution is -2.41. The first-order valence-corrected chi connectivity index (χ1v) is 7.20. The summed E-state index contributed by atoms with van der Waals surface area (Å²) in [5.41, 5.74) is 0.866. The van der Waals surface area contributed by atoms with E-state index in [1.807, 2.05) is 31.2 Å². The largest absolute Gasteiger partial charge is 0.394 e. The number of aliphatic hydroxyl groups is 1. The Morgan fingerprint density at radius 2 is 1.80 bits per heavy atom. The van der Waals surface area contributed by atoms with Gasteiger partial charge in [0.25, 0.3) is 0 Å².